The summed E-state index contributed by atoms with van der Waals surface area (Å²) in [5.41, 5.74) is 1.01. The number of hydrogen-bond donors (Lipinski definition) is 2. The molecule has 2 aromatic heterocycles. The number of halogens is 3. The molecule has 168 valence electrons. The minimum Gasteiger partial charge on any atom is -0.348 e. The third-order valence-corrected chi connectivity index (χ3v) is 6.53. The van der Waals surface area contributed by atoms with Gasteiger partial charge in [-0.15, -0.1) is 11.3 Å². The van der Waals surface area contributed by atoms with E-state index < -0.39 is 17.6 Å². The number of amides is 2. The zero-order valence-corrected chi connectivity index (χ0v) is 18.5. The summed E-state index contributed by atoms with van der Waals surface area (Å²) in [6.45, 7) is 0.371. The number of fused-ring (bicyclic) bond motifs is 1. The van der Waals surface area contributed by atoms with E-state index in [1.165, 1.54) is 23.5 Å². The van der Waals surface area contributed by atoms with Gasteiger partial charge in [-0.25, -0.2) is 0 Å². The number of carbonyl (C=O) groups is 2. The van der Waals surface area contributed by atoms with E-state index >= 15 is 0 Å². The number of anilines is 1. The molecule has 0 radical (unpaired) electrons. The van der Waals surface area contributed by atoms with Gasteiger partial charge in [0, 0.05) is 34.8 Å². The van der Waals surface area contributed by atoms with Crippen molar-refractivity contribution < 1.29 is 22.8 Å². The van der Waals surface area contributed by atoms with Crippen molar-refractivity contribution in [3.8, 4) is 0 Å². The topological polar surface area (TPSA) is 71.1 Å². The van der Waals surface area contributed by atoms with Gasteiger partial charge in [0.15, 0.2) is 0 Å². The molecule has 0 atom stereocenters. The van der Waals surface area contributed by atoms with Crippen molar-refractivity contribution in [2.24, 2.45) is 0 Å². The Morgan fingerprint density at radius 1 is 1.21 bits per heavy atom. The predicted octanol–water partition coefficient (Wildman–Crippen LogP) is 5.58. The first-order chi connectivity index (χ1) is 15.8. The molecule has 0 bridgehead atoms. The van der Waals surface area contributed by atoms with Crippen molar-refractivity contribution in [2.45, 2.75) is 17.6 Å². The summed E-state index contributed by atoms with van der Waals surface area (Å²) >= 11 is 2.50. The first-order valence-corrected chi connectivity index (χ1v) is 11.3. The Bertz CT molecular complexity index is 1250. The van der Waals surface area contributed by atoms with Crippen LogP contribution in [0.1, 0.15) is 21.6 Å². The van der Waals surface area contributed by atoms with Gasteiger partial charge in [0.1, 0.15) is 0 Å². The lowest BCUT2D eigenvalue weighted by atomic mass is 10.2. The Morgan fingerprint density at radius 2 is 2.06 bits per heavy atom. The molecule has 0 aliphatic carbocycles. The van der Waals surface area contributed by atoms with E-state index in [0.29, 0.717) is 16.3 Å². The van der Waals surface area contributed by atoms with Gasteiger partial charge in [-0.2, -0.15) is 13.2 Å². The summed E-state index contributed by atoms with van der Waals surface area (Å²) < 4.78 is 38.7. The molecule has 1 aromatic carbocycles. The fourth-order valence-corrected chi connectivity index (χ4v) is 4.73. The van der Waals surface area contributed by atoms with Crippen molar-refractivity contribution in [1.82, 2.24) is 10.3 Å². The lowest BCUT2D eigenvalue weighted by molar-refractivity contribution is -0.137. The van der Waals surface area contributed by atoms with Crippen molar-refractivity contribution in [1.29, 1.82) is 0 Å². The molecule has 4 rings (SSSR count). The highest BCUT2D eigenvalue weighted by Gasteiger charge is 2.32. The number of hydrogen-bond acceptors (Lipinski definition) is 5. The maximum Gasteiger partial charge on any atom is 0.416 e. The van der Waals surface area contributed by atoms with Crippen LogP contribution in [0.3, 0.4) is 0 Å². The molecule has 0 fully saturated rings. The fourth-order valence-electron chi connectivity index (χ4n) is 2.92. The number of aromatic nitrogens is 1. The third-order valence-electron chi connectivity index (χ3n) is 4.53. The molecule has 10 heteroatoms. The minimum atomic E-state index is -4.48. The smallest absolute Gasteiger partial charge is 0.348 e. The zero-order chi connectivity index (χ0) is 23.4. The number of rotatable bonds is 5. The van der Waals surface area contributed by atoms with Crippen LogP contribution in [0, 0.1) is 0 Å². The number of thioether (sulfide) groups is 1. The van der Waals surface area contributed by atoms with Crippen molar-refractivity contribution in [2.75, 3.05) is 5.32 Å². The van der Waals surface area contributed by atoms with Gasteiger partial charge in [0.25, 0.3) is 5.91 Å². The van der Waals surface area contributed by atoms with Crippen LogP contribution in [0.25, 0.3) is 12.2 Å². The number of benzene rings is 1. The largest absolute Gasteiger partial charge is 0.416 e. The SMILES string of the molecule is O=C(/C=C/c1csc(/C=C2/Sc3ccc(C(F)(F)F)cc3NC2=O)c1)NCc1cccnc1. The molecule has 3 heterocycles. The van der Waals surface area contributed by atoms with Crippen molar-refractivity contribution in [3.63, 3.8) is 0 Å². The maximum absolute atomic E-state index is 12.9. The molecule has 3 aromatic rings. The summed E-state index contributed by atoms with van der Waals surface area (Å²) in [5, 5.41) is 7.13. The molecule has 0 saturated heterocycles. The standard InChI is InChI=1S/C23H16F3N3O2S2/c24-23(25,26)16-4-5-19-18(9-16)29-22(31)20(33-19)10-17-8-14(13-32-17)3-6-21(30)28-12-15-2-1-7-27-11-15/h1-11,13H,12H2,(H,28,30)(H,29,31)/b6-3+,20-10+. The minimum absolute atomic E-state index is 0.143. The number of thiophene rings is 1. The van der Waals surface area contributed by atoms with Gasteiger partial charge >= 0.3 is 6.18 Å². The van der Waals surface area contributed by atoms with E-state index in [4.69, 9.17) is 0 Å². The molecule has 5 nitrogen and oxygen atoms in total. The Balaban J connectivity index is 1.40. The number of alkyl halides is 3. The fraction of sp³-hybridized carbons (Fsp3) is 0.0870. The van der Waals surface area contributed by atoms with Gasteiger partial charge in [-0.1, -0.05) is 17.8 Å². The lowest BCUT2D eigenvalue weighted by Crippen LogP contribution is -2.20. The molecule has 0 saturated carbocycles. The normalized spacial score (nSPS) is 14.9. The van der Waals surface area contributed by atoms with Gasteiger partial charge < -0.3 is 10.6 Å². The summed E-state index contributed by atoms with van der Waals surface area (Å²) in [5.74, 6) is -0.714. The quantitative estimate of drug-likeness (QED) is 0.461. The number of nitrogens with one attached hydrogen (secondary N) is 2. The van der Waals surface area contributed by atoms with E-state index in [1.54, 1.807) is 30.6 Å². The number of carbonyl (C=O) groups excluding carboxylic acids is 2. The van der Waals surface area contributed by atoms with Crippen LogP contribution in [0.4, 0.5) is 18.9 Å². The van der Waals surface area contributed by atoms with Crippen molar-refractivity contribution >= 4 is 52.8 Å². The number of nitrogens with zero attached hydrogens (tertiary/aromatic N) is 1. The third kappa shape index (κ3) is 5.91. The van der Waals surface area contributed by atoms with Crippen LogP contribution in [-0.2, 0) is 22.3 Å². The van der Waals surface area contributed by atoms with Crippen molar-refractivity contribution in [3.05, 3.63) is 86.7 Å². The molecule has 1 aliphatic rings. The molecular weight excluding hydrogens is 471 g/mol. The first-order valence-electron chi connectivity index (χ1n) is 9.63. The van der Waals surface area contributed by atoms with E-state index in [1.807, 2.05) is 17.5 Å². The Hall–Kier alpha value is -3.37. The van der Waals surface area contributed by atoms with Crippen LogP contribution >= 0.6 is 23.1 Å². The molecule has 33 heavy (non-hydrogen) atoms. The molecule has 1 aliphatic heterocycles. The van der Waals surface area contributed by atoms with E-state index in [0.717, 1.165) is 39.9 Å². The van der Waals surface area contributed by atoms with Gasteiger partial charge in [-0.05, 0) is 59.0 Å². The average molecular weight is 488 g/mol. The van der Waals surface area contributed by atoms with Gasteiger partial charge in [0.2, 0.25) is 5.91 Å². The van der Waals surface area contributed by atoms with Crippen LogP contribution < -0.4 is 10.6 Å². The molecule has 0 unspecified atom stereocenters. The maximum atomic E-state index is 12.9. The predicted molar refractivity (Wildman–Crippen MR) is 123 cm³/mol. The Morgan fingerprint density at radius 3 is 2.82 bits per heavy atom. The second-order valence-corrected chi connectivity index (χ2v) is 8.99. The van der Waals surface area contributed by atoms with Gasteiger partial charge in [-0.3, -0.25) is 14.6 Å². The van der Waals surface area contributed by atoms with E-state index in [-0.39, 0.29) is 11.6 Å². The monoisotopic (exact) mass is 487 g/mol. The summed E-state index contributed by atoms with van der Waals surface area (Å²) in [7, 11) is 0. The van der Waals surface area contributed by atoms with Crippen LogP contribution in [0.5, 0.6) is 0 Å². The Labute approximate surface area is 195 Å². The second kappa shape index (κ2) is 9.63. The highest BCUT2D eigenvalue weighted by atomic mass is 32.2. The molecule has 0 spiro atoms. The van der Waals surface area contributed by atoms with E-state index in [2.05, 4.69) is 15.6 Å². The molecule has 2 N–H and O–H groups in total. The highest BCUT2D eigenvalue weighted by Crippen LogP contribution is 2.42. The zero-order valence-electron chi connectivity index (χ0n) is 16.8. The highest BCUT2D eigenvalue weighted by molar-refractivity contribution is 8.04. The molecular formula is C23H16F3N3O2S2. The van der Waals surface area contributed by atoms with Crippen LogP contribution in [0.15, 0.2) is 70.0 Å². The lowest BCUT2D eigenvalue weighted by Gasteiger charge is -2.20. The van der Waals surface area contributed by atoms with Gasteiger partial charge in [0.05, 0.1) is 16.2 Å². The summed E-state index contributed by atoms with van der Waals surface area (Å²) in [6.07, 6.45) is 3.62. The Kier molecular flexibility index (Phi) is 6.66. The number of pyridine rings is 1. The average Bonchev–Trinajstić information content (AvgIpc) is 3.24. The van der Waals surface area contributed by atoms with Crippen LogP contribution in [-0.4, -0.2) is 16.8 Å². The van der Waals surface area contributed by atoms with E-state index in [9.17, 15) is 22.8 Å². The summed E-state index contributed by atoms with van der Waals surface area (Å²) in [6, 6.07) is 8.75. The second-order valence-electron chi connectivity index (χ2n) is 6.97. The first kappa shape index (κ1) is 22.8. The molecule has 2 amide bonds. The summed E-state index contributed by atoms with van der Waals surface area (Å²) in [4.78, 5) is 30.1. The van der Waals surface area contributed by atoms with Crippen LogP contribution in [0.2, 0.25) is 0 Å².